The highest BCUT2D eigenvalue weighted by Gasteiger charge is 2.38. The molecule has 1 aromatic rings. The van der Waals surface area contributed by atoms with E-state index in [1.54, 1.807) is 6.92 Å². The van der Waals surface area contributed by atoms with E-state index in [-0.39, 0.29) is 18.0 Å². The van der Waals surface area contributed by atoms with Crippen LogP contribution in [0.5, 0.6) is 0 Å². The third kappa shape index (κ3) is 3.61. The molecule has 0 aliphatic carbocycles. The highest BCUT2D eigenvalue weighted by atomic mass is 35.5. The molecule has 0 spiro atoms. The second kappa shape index (κ2) is 5.68. The van der Waals surface area contributed by atoms with Crippen LogP contribution >= 0.6 is 11.6 Å². The van der Waals surface area contributed by atoms with Crippen molar-refractivity contribution >= 4 is 21.6 Å². The van der Waals surface area contributed by atoms with Crippen LogP contribution in [0.4, 0.5) is 13.2 Å². The van der Waals surface area contributed by atoms with Crippen LogP contribution in [0.3, 0.4) is 0 Å². The summed E-state index contributed by atoms with van der Waals surface area (Å²) >= 11 is 5.60. The van der Waals surface area contributed by atoms with Gasteiger partial charge in [-0.2, -0.15) is 22.6 Å². The summed E-state index contributed by atoms with van der Waals surface area (Å²) in [5, 5.41) is 5.51. The molecule has 0 aliphatic heterocycles. The van der Waals surface area contributed by atoms with Gasteiger partial charge >= 0.3 is 6.18 Å². The summed E-state index contributed by atoms with van der Waals surface area (Å²) in [6.07, 6.45) is -4.62. The lowest BCUT2D eigenvalue weighted by Crippen LogP contribution is -2.39. The standard InChI is InChI=1S/C9H13ClF3N3O2S/c1-3-16(5-9(11,12)13)19(17,18)8-7(4-10)6(2)14-15-8/h3-5H2,1-2H3,(H,14,15). The molecule has 0 saturated carbocycles. The molecule has 0 bridgehead atoms. The lowest BCUT2D eigenvalue weighted by Gasteiger charge is -2.21. The highest BCUT2D eigenvalue weighted by molar-refractivity contribution is 7.89. The van der Waals surface area contributed by atoms with Gasteiger partial charge in [-0.15, -0.1) is 11.6 Å². The molecular formula is C9H13ClF3N3O2S. The molecule has 1 rings (SSSR count). The number of rotatable bonds is 5. The molecular weight excluding hydrogens is 307 g/mol. The minimum Gasteiger partial charge on any atom is -0.281 e. The number of aryl methyl sites for hydroxylation is 1. The van der Waals surface area contributed by atoms with Crippen molar-refractivity contribution in [2.45, 2.75) is 30.9 Å². The van der Waals surface area contributed by atoms with Crippen molar-refractivity contribution < 1.29 is 21.6 Å². The first-order valence-corrected chi connectivity index (χ1v) is 7.27. The molecule has 110 valence electrons. The Balaban J connectivity index is 3.21. The molecule has 1 N–H and O–H groups in total. The van der Waals surface area contributed by atoms with Crippen LogP contribution in [-0.2, 0) is 15.9 Å². The monoisotopic (exact) mass is 319 g/mol. The van der Waals surface area contributed by atoms with E-state index in [4.69, 9.17) is 11.6 Å². The Morgan fingerprint density at radius 2 is 2.00 bits per heavy atom. The van der Waals surface area contributed by atoms with Crippen molar-refractivity contribution in [2.75, 3.05) is 13.1 Å². The number of sulfonamides is 1. The SMILES string of the molecule is CCN(CC(F)(F)F)S(=O)(=O)c1n[nH]c(C)c1CCl. The highest BCUT2D eigenvalue weighted by Crippen LogP contribution is 2.25. The number of alkyl halides is 4. The number of halogens is 4. The topological polar surface area (TPSA) is 66.1 Å². The average Bonchev–Trinajstić information content (AvgIpc) is 2.66. The molecule has 10 heteroatoms. The first-order valence-electron chi connectivity index (χ1n) is 5.30. The predicted octanol–water partition coefficient (Wildman–Crippen LogP) is 2.03. The first kappa shape index (κ1) is 16.3. The fourth-order valence-corrected chi connectivity index (χ4v) is 3.49. The van der Waals surface area contributed by atoms with Crippen molar-refractivity contribution in [2.24, 2.45) is 0 Å². The van der Waals surface area contributed by atoms with Gasteiger partial charge in [-0.1, -0.05) is 6.92 Å². The molecule has 0 aliphatic rings. The quantitative estimate of drug-likeness (QED) is 0.844. The first-order chi connectivity index (χ1) is 8.63. The lowest BCUT2D eigenvalue weighted by molar-refractivity contribution is -0.135. The van der Waals surface area contributed by atoms with Gasteiger partial charge in [0.2, 0.25) is 0 Å². The van der Waals surface area contributed by atoms with E-state index < -0.39 is 27.8 Å². The zero-order valence-electron chi connectivity index (χ0n) is 10.3. The molecule has 0 radical (unpaired) electrons. The van der Waals surface area contributed by atoms with Crippen LogP contribution in [-0.4, -0.2) is 42.2 Å². The zero-order valence-corrected chi connectivity index (χ0v) is 11.8. The maximum Gasteiger partial charge on any atom is 0.402 e. The van der Waals surface area contributed by atoms with Gasteiger partial charge in [0.15, 0.2) is 5.03 Å². The van der Waals surface area contributed by atoms with Crippen molar-refractivity contribution in [3.63, 3.8) is 0 Å². The van der Waals surface area contributed by atoms with E-state index in [0.717, 1.165) is 0 Å². The number of hydrogen-bond donors (Lipinski definition) is 1. The van der Waals surface area contributed by atoms with E-state index in [1.165, 1.54) is 6.92 Å². The fourth-order valence-electron chi connectivity index (χ4n) is 1.49. The summed E-state index contributed by atoms with van der Waals surface area (Å²) in [6, 6.07) is 0. The van der Waals surface area contributed by atoms with E-state index in [0.29, 0.717) is 10.00 Å². The van der Waals surface area contributed by atoms with Crippen molar-refractivity contribution in [1.29, 1.82) is 0 Å². The van der Waals surface area contributed by atoms with Crippen molar-refractivity contribution in [3.05, 3.63) is 11.3 Å². The molecule has 0 saturated heterocycles. The largest absolute Gasteiger partial charge is 0.402 e. The summed E-state index contributed by atoms with van der Waals surface area (Å²) in [5.41, 5.74) is 0.596. The maximum atomic E-state index is 12.4. The van der Waals surface area contributed by atoms with E-state index in [2.05, 4.69) is 10.2 Å². The summed E-state index contributed by atoms with van der Waals surface area (Å²) < 4.78 is 61.7. The molecule has 1 aromatic heterocycles. The summed E-state index contributed by atoms with van der Waals surface area (Å²) in [5.74, 6) is -0.152. The van der Waals surface area contributed by atoms with E-state index in [9.17, 15) is 21.6 Å². The van der Waals surface area contributed by atoms with E-state index >= 15 is 0 Å². The molecule has 5 nitrogen and oxygen atoms in total. The molecule has 0 amide bonds. The van der Waals surface area contributed by atoms with Crippen LogP contribution in [0.2, 0.25) is 0 Å². The van der Waals surface area contributed by atoms with Gasteiger partial charge < -0.3 is 0 Å². The van der Waals surface area contributed by atoms with Gasteiger partial charge in [0, 0.05) is 17.8 Å². The molecule has 1 heterocycles. The molecule has 0 fully saturated rings. The summed E-state index contributed by atoms with van der Waals surface area (Å²) in [4.78, 5) is 0. The Bertz CT molecular complexity index is 541. The zero-order chi connectivity index (χ0) is 14.8. The fraction of sp³-hybridized carbons (Fsp3) is 0.667. The number of aromatic nitrogens is 2. The minimum absolute atomic E-state index is 0.152. The third-order valence-corrected chi connectivity index (χ3v) is 4.62. The van der Waals surface area contributed by atoms with Crippen LogP contribution < -0.4 is 0 Å². The Labute approximate surface area is 113 Å². The van der Waals surface area contributed by atoms with Crippen LogP contribution in [0.1, 0.15) is 18.2 Å². The summed E-state index contributed by atoms with van der Waals surface area (Å²) in [6.45, 7) is 1.00. The van der Waals surface area contributed by atoms with Gasteiger partial charge in [-0.05, 0) is 6.92 Å². The van der Waals surface area contributed by atoms with Gasteiger partial charge in [0.1, 0.15) is 6.54 Å². The van der Waals surface area contributed by atoms with Crippen molar-refractivity contribution in [3.8, 4) is 0 Å². The normalized spacial score (nSPS) is 13.2. The molecule has 0 aromatic carbocycles. The van der Waals surface area contributed by atoms with Gasteiger partial charge in [-0.25, -0.2) is 8.42 Å². The second-order valence-corrected chi connectivity index (χ2v) is 5.93. The smallest absolute Gasteiger partial charge is 0.281 e. The van der Waals surface area contributed by atoms with E-state index in [1.807, 2.05) is 0 Å². The number of hydrogen-bond acceptors (Lipinski definition) is 3. The minimum atomic E-state index is -4.62. The van der Waals surface area contributed by atoms with Gasteiger partial charge in [0.25, 0.3) is 10.0 Å². The van der Waals surface area contributed by atoms with Crippen molar-refractivity contribution in [1.82, 2.24) is 14.5 Å². The second-order valence-electron chi connectivity index (χ2n) is 3.81. The Hall–Kier alpha value is -0.800. The van der Waals surface area contributed by atoms with Gasteiger partial charge in [-0.3, -0.25) is 5.10 Å². The number of H-pyrrole nitrogens is 1. The molecule has 0 atom stereocenters. The lowest BCUT2D eigenvalue weighted by atomic mass is 10.3. The van der Waals surface area contributed by atoms with Crippen LogP contribution in [0.15, 0.2) is 5.03 Å². The Morgan fingerprint density at radius 3 is 2.42 bits per heavy atom. The van der Waals surface area contributed by atoms with Crippen LogP contribution in [0.25, 0.3) is 0 Å². The average molecular weight is 320 g/mol. The summed E-state index contributed by atoms with van der Waals surface area (Å²) in [7, 11) is -4.32. The molecule has 19 heavy (non-hydrogen) atoms. The Kier molecular flexibility index (Phi) is 4.86. The number of aromatic amines is 1. The van der Waals surface area contributed by atoms with Crippen LogP contribution in [0, 0.1) is 6.92 Å². The Morgan fingerprint density at radius 1 is 1.42 bits per heavy atom. The maximum absolute atomic E-state index is 12.4. The molecule has 0 unspecified atom stereocenters. The number of nitrogens with zero attached hydrogens (tertiary/aromatic N) is 2. The number of nitrogens with one attached hydrogen (secondary N) is 1. The third-order valence-electron chi connectivity index (χ3n) is 2.46. The van der Waals surface area contributed by atoms with Gasteiger partial charge in [0.05, 0.1) is 5.88 Å². The predicted molar refractivity (Wildman–Crippen MR) is 63.4 cm³/mol.